The number of nitrogens with zero attached hydrogens (tertiary/aromatic N) is 2. The lowest BCUT2D eigenvalue weighted by molar-refractivity contribution is 0.332. The van der Waals surface area contributed by atoms with Crippen LogP contribution >= 0.6 is 0 Å². The highest BCUT2D eigenvalue weighted by atomic mass is 16.6. The summed E-state index contributed by atoms with van der Waals surface area (Å²) in [6.45, 7) is 14.0. The Morgan fingerprint density at radius 2 is 1.16 bits per heavy atom. The second kappa shape index (κ2) is 13.2. The van der Waals surface area contributed by atoms with Gasteiger partial charge in [-0.1, -0.05) is 119 Å². The van der Waals surface area contributed by atoms with Crippen molar-refractivity contribution in [1.82, 2.24) is 0 Å². The van der Waals surface area contributed by atoms with Crippen molar-refractivity contribution in [3.05, 3.63) is 174 Å². The van der Waals surface area contributed by atoms with Crippen LogP contribution in [0, 0.1) is 13.8 Å². The number of hydrogen-bond donors (Lipinski definition) is 0. The van der Waals surface area contributed by atoms with E-state index >= 15 is 0 Å². The fraction of sp³-hybridized carbons (Fsp3) is 0.172. The molecule has 0 atom stereocenters. The summed E-state index contributed by atoms with van der Waals surface area (Å²) in [5.41, 5.74) is 19.9. The SMILES string of the molecule is Cc1cc2c3c(c1)N(c1cc4c(cc1C)C(C)(C)CCC4(C)C)c1cc4c(cc1B3N(c1ccccc1-c1ccccc1)c1cc3c(cc1-2)oc1ccccc13)Oc1ccccc1O4. The van der Waals surface area contributed by atoms with Gasteiger partial charge in [0.15, 0.2) is 23.0 Å². The standard InChI is InChI=1S/C58H47BN2O3/c1-34-26-41-39-30-53-40(38-19-11-13-21-50(38)62-53)29-47(39)61(45-20-12-10-18-37(45)36-16-8-7-9-17-36)59-44-32-54-55(64-52-23-15-14-22-51(52)63-54)33-48(44)60(49(27-34)56(41)59)46-31-43-42(28-35(46)2)57(3,4)24-25-58(43,5)6/h7-23,26-33H,24-25H2,1-6H3. The lowest BCUT2D eigenvalue weighted by atomic mass is 9.43. The minimum Gasteiger partial charge on any atom is -0.456 e. The van der Waals surface area contributed by atoms with Crippen molar-refractivity contribution in [1.29, 1.82) is 0 Å². The predicted molar refractivity (Wildman–Crippen MR) is 264 cm³/mol. The van der Waals surface area contributed by atoms with Gasteiger partial charge in [0.2, 0.25) is 0 Å². The second-order valence-electron chi connectivity index (χ2n) is 19.7. The molecule has 5 nitrogen and oxygen atoms in total. The molecule has 0 unspecified atom stereocenters. The van der Waals surface area contributed by atoms with E-state index in [4.69, 9.17) is 13.9 Å². The second-order valence-corrected chi connectivity index (χ2v) is 19.7. The number of rotatable bonds is 3. The summed E-state index contributed by atoms with van der Waals surface area (Å²) in [4.78, 5) is 5.15. The Balaban J connectivity index is 1.16. The number of furan rings is 1. The highest BCUT2D eigenvalue weighted by Gasteiger charge is 2.48. The van der Waals surface area contributed by atoms with Gasteiger partial charge in [-0.25, -0.2) is 0 Å². The Morgan fingerprint density at radius 3 is 1.94 bits per heavy atom. The van der Waals surface area contributed by atoms with Crippen LogP contribution in [0.15, 0.2) is 156 Å². The molecule has 0 bridgehead atoms. The Morgan fingerprint density at radius 1 is 0.484 bits per heavy atom. The molecule has 0 N–H and O–H groups in total. The van der Waals surface area contributed by atoms with Gasteiger partial charge in [-0.05, 0) is 136 Å². The number of fused-ring (bicyclic) bond motifs is 10. The summed E-state index contributed by atoms with van der Waals surface area (Å²) in [6.07, 6.45) is 2.30. The monoisotopic (exact) mass is 830 g/mol. The van der Waals surface area contributed by atoms with E-state index < -0.39 is 0 Å². The van der Waals surface area contributed by atoms with Crippen LogP contribution in [0.1, 0.15) is 62.8 Å². The molecule has 13 rings (SSSR count). The molecular weight excluding hydrogens is 783 g/mol. The molecule has 3 aliphatic heterocycles. The van der Waals surface area contributed by atoms with Crippen LogP contribution < -0.4 is 30.1 Å². The minimum absolute atomic E-state index is 0.0197. The van der Waals surface area contributed by atoms with E-state index in [1.54, 1.807) is 0 Å². The van der Waals surface area contributed by atoms with E-state index in [-0.39, 0.29) is 17.7 Å². The van der Waals surface area contributed by atoms with E-state index in [2.05, 4.69) is 179 Å². The zero-order chi connectivity index (χ0) is 43.2. The van der Waals surface area contributed by atoms with E-state index in [0.29, 0.717) is 23.0 Å². The van der Waals surface area contributed by atoms with Crippen LogP contribution in [0.25, 0.3) is 44.2 Å². The summed E-state index contributed by atoms with van der Waals surface area (Å²) in [7, 11) is 0. The van der Waals surface area contributed by atoms with Gasteiger partial charge in [0.25, 0.3) is 0 Å². The highest BCUT2D eigenvalue weighted by Crippen LogP contribution is 2.55. The van der Waals surface area contributed by atoms with Crippen LogP contribution in [-0.4, -0.2) is 6.85 Å². The average Bonchev–Trinajstić information content (AvgIpc) is 3.67. The maximum Gasteiger partial charge on any atom is 0.333 e. The third kappa shape index (κ3) is 5.32. The summed E-state index contributed by atoms with van der Waals surface area (Å²) in [5.74, 6) is 2.84. The van der Waals surface area contributed by atoms with Gasteiger partial charge in [-0.2, -0.15) is 0 Å². The quantitative estimate of drug-likeness (QED) is 0.166. The van der Waals surface area contributed by atoms with Crippen molar-refractivity contribution in [2.45, 2.75) is 65.2 Å². The molecule has 0 saturated carbocycles. The summed E-state index contributed by atoms with van der Waals surface area (Å²) >= 11 is 0. The summed E-state index contributed by atoms with van der Waals surface area (Å²) in [6, 6.07) is 55.0. The number of aryl methyl sites for hydroxylation is 2. The van der Waals surface area contributed by atoms with Crippen molar-refractivity contribution in [3.8, 4) is 45.3 Å². The van der Waals surface area contributed by atoms with E-state index in [9.17, 15) is 0 Å². The van der Waals surface area contributed by atoms with Crippen LogP contribution in [-0.2, 0) is 10.8 Å². The predicted octanol–water partition coefficient (Wildman–Crippen LogP) is 14.8. The molecule has 0 amide bonds. The lowest BCUT2D eigenvalue weighted by Gasteiger charge is -2.47. The molecule has 9 aromatic rings. The third-order valence-corrected chi connectivity index (χ3v) is 14.7. The minimum atomic E-state index is -0.246. The topological polar surface area (TPSA) is 38.1 Å². The van der Waals surface area contributed by atoms with Crippen LogP contribution in [0.4, 0.5) is 28.4 Å². The summed E-state index contributed by atoms with van der Waals surface area (Å²) < 4.78 is 20.3. The van der Waals surface area contributed by atoms with Gasteiger partial charge in [0, 0.05) is 56.4 Å². The van der Waals surface area contributed by atoms with E-state index in [0.717, 1.165) is 79.7 Å². The van der Waals surface area contributed by atoms with Crippen molar-refractivity contribution >= 4 is 68.1 Å². The van der Waals surface area contributed by atoms with E-state index in [1.807, 2.05) is 24.3 Å². The molecule has 1 aromatic heterocycles. The van der Waals surface area contributed by atoms with Gasteiger partial charge in [0.1, 0.15) is 11.2 Å². The van der Waals surface area contributed by atoms with Gasteiger partial charge < -0.3 is 23.6 Å². The molecule has 64 heavy (non-hydrogen) atoms. The maximum atomic E-state index is 6.81. The molecule has 1 aliphatic carbocycles. The Bertz CT molecular complexity index is 3460. The number of para-hydroxylation sites is 4. The zero-order valence-corrected chi connectivity index (χ0v) is 37.0. The Hall–Kier alpha value is -7.18. The average molecular weight is 831 g/mol. The summed E-state index contributed by atoms with van der Waals surface area (Å²) in [5, 5.41) is 2.20. The van der Waals surface area contributed by atoms with Gasteiger partial charge in [0.05, 0.1) is 0 Å². The van der Waals surface area contributed by atoms with Crippen molar-refractivity contribution in [2.75, 3.05) is 9.71 Å². The molecule has 0 spiro atoms. The van der Waals surface area contributed by atoms with Crippen LogP contribution in [0.2, 0.25) is 0 Å². The fourth-order valence-electron chi connectivity index (χ4n) is 11.4. The largest absolute Gasteiger partial charge is 0.456 e. The Labute approximate surface area is 374 Å². The molecule has 8 aromatic carbocycles. The van der Waals surface area contributed by atoms with Crippen molar-refractivity contribution < 1.29 is 13.9 Å². The number of anilines is 5. The molecule has 0 saturated heterocycles. The first kappa shape index (κ1) is 37.4. The van der Waals surface area contributed by atoms with Gasteiger partial charge in [-0.3, -0.25) is 0 Å². The molecule has 0 radical (unpaired) electrons. The first-order valence-corrected chi connectivity index (χ1v) is 22.6. The third-order valence-electron chi connectivity index (χ3n) is 14.7. The molecule has 310 valence electrons. The molecule has 0 fully saturated rings. The van der Waals surface area contributed by atoms with Crippen molar-refractivity contribution in [2.24, 2.45) is 0 Å². The smallest absolute Gasteiger partial charge is 0.333 e. The molecule has 6 heteroatoms. The number of hydrogen-bond acceptors (Lipinski definition) is 5. The van der Waals surface area contributed by atoms with Crippen LogP contribution in [0.3, 0.4) is 0 Å². The van der Waals surface area contributed by atoms with Gasteiger partial charge >= 0.3 is 6.85 Å². The molecule has 4 heterocycles. The maximum absolute atomic E-state index is 6.81. The normalized spacial score (nSPS) is 15.9. The van der Waals surface area contributed by atoms with Crippen LogP contribution in [0.5, 0.6) is 23.0 Å². The van der Waals surface area contributed by atoms with E-state index in [1.165, 1.54) is 39.0 Å². The number of benzene rings is 8. The Kier molecular flexibility index (Phi) is 7.70. The fourth-order valence-corrected chi connectivity index (χ4v) is 11.4. The lowest BCUT2D eigenvalue weighted by Crippen LogP contribution is -2.61. The zero-order valence-electron chi connectivity index (χ0n) is 37.0. The number of ether oxygens (including phenoxy) is 2. The van der Waals surface area contributed by atoms with Crippen molar-refractivity contribution in [3.63, 3.8) is 0 Å². The van der Waals surface area contributed by atoms with Gasteiger partial charge in [-0.15, -0.1) is 0 Å². The molecular formula is C58H47BN2O3. The first-order chi connectivity index (χ1) is 31.0. The first-order valence-electron chi connectivity index (χ1n) is 22.6. The highest BCUT2D eigenvalue weighted by molar-refractivity contribution is 6.93. The molecule has 4 aliphatic rings.